The Morgan fingerprint density at radius 2 is 2.08 bits per heavy atom. The first-order valence-corrected chi connectivity index (χ1v) is 14.6. The van der Waals surface area contributed by atoms with E-state index < -0.39 is 10.7 Å². The number of likely N-dealkylation sites (N-methyl/N-ethyl adjacent to an activating group) is 1. The third-order valence-electron chi connectivity index (χ3n) is 8.49. The number of thiocarbonyl (C=S) groups is 1. The number of piperazine rings is 1. The molecule has 2 unspecified atom stereocenters. The molecule has 0 bridgehead atoms. The zero-order chi connectivity index (χ0) is 27.0. The number of rotatable bonds is 8. The van der Waals surface area contributed by atoms with Crippen molar-refractivity contribution in [2.45, 2.75) is 37.1 Å². The van der Waals surface area contributed by atoms with Crippen LogP contribution in [0.5, 0.6) is 0 Å². The van der Waals surface area contributed by atoms with Gasteiger partial charge in [0.25, 0.3) is 5.69 Å². The third-order valence-corrected chi connectivity index (χ3v) is 9.61. The van der Waals surface area contributed by atoms with Crippen LogP contribution in [0, 0.1) is 21.8 Å². The summed E-state index contributed by atoms with van der Waals surface area (Å²) in [7, 11) is 2.15. The van der Waals surface area contributed by atoms with Crippen LogP contribution in [0.15, 0.2) is 40.9 Å². The Bertz CT molecular complexity index is 1230. The highest BCUT2D eigenvalue weighted by Crippen LogP contribution is 2.65. The van der Waals surface area contributed by atoms with Gasteiger partial charge in [-0.2, -0.15) is 0 Å². The lowest BCUT2D eigenvalue weighted by atomic mass is 9.93. The summed E-state index contributed by atoms with van der Waals surface area (Å²) in [5, 5.41) is 14.9. The Kier molecular flexibility index (Phi) is 8.26. The lowest BCUT2D eigenvalue weighted by Gasteiger charge is -2.35. The SMILES string of the molecule is CN1CCN(CCCN(C(=S)Nc2cc(Cl)c(F)cc2[N+](=O)[O-])C2CC[C@]3(c4cccc(Br)c4)CC23)CC1. The van der Waals surface area contributed by atoms with Crippen LogP contribution in [0.4, 0.5) is 15.8 Å². The summed E-state index contributed by atoms with van der Waals surface area (Å²) >= 11 is 15.5. The van der Waals surface area contributed by atoms with Gasteiger partial charge in [0.05, 0.1) is 16.0 Å². The van der Waals surface area contributed by atoms with Gasteiger partial charge >= 0.3 is 0 Å². The van der Waals surface area contributed by atoms with E-state index in [1.165, 1.54) is 11.6 Å². The molecule has 11 heteroatoms. The fraction of sp³-hybridized carbons (Fsp3) is 0.519. The molecule has 1 aliphatic heterocycles. The number of nitrogens with one attached hydrogen (secondary N) is 1. The first kappa shape index (κ1) is 27.7. The van der Waals surface area contributed by atoms with E-state index in [1.54, 1.807) is 0 Å². The van der Waals surface area contributed by atoms with Crippen molar-refractivity contribution in [3.05, 3.63) is 67.4 Å². The van der Waals surface area contributed by atoms with Gasteiger partial charge in [-0.1, -0.05) is 39.7 Å². The second-order valence-corrected chi connectivity index (χ2v) is 12.5. The molecule has 0 radical (unpaired) electrons. The normalized spacial score (nSPS) is 25.2. The summed E-state index contributed by atoms with van der Waals surface area (Å²) in [6.07, 6.45) is 4.12. The molecule has 3 fully saturated rings. The Morgan fingerprint density at radius 1 is 1.32 bits per heavy atom. The molecule has 2 saturated carbocycles. The molecule has 0 aromatic heterocycles. The molecular formula is C27H32BrClFN5O2S. The van der Waals surface area contributed by atoms with Gasteiger partial charge in [0.2, 0.25) is 0 Å². The van der Waals surface area contributed by atoms with E-state index in [0.717, 1.165) is 75.5 Å². The molecule has 5 rings (SSSR count). The quantitative estimate of drug-likeness (QED) is 0.223. The molecule has 1 N–H and O–H groups in total. The number of hydrogen-bond acceptors (Lipinski definition) is 5. The predicted octanol–water partition coefficient (Wildman–Crippen LogP) is 5.91. The summed E-state index contributed by atoms with van der Waals surface area (Å²) in [6.45, 7) is 5.96. The number of anilines is 1. The highest BCUT2D eigenvalue weighted by molar-refractivity contribution is 9.10. The molecule has 3 atom stereocenters. The van der Waals surface area contributed by atoms with Crippen LogP contribution >= 0.6 is 39.7 Å². The van der Waals surface area contributed by atoms with Crippen LogP contribution in [0.3, 0.4) is 0 Å². The van der Waals surface area contributed by atoms with Gasteiger partial charge in [-0.05, 0) is 81.2 Å². The van der Waals surface area contributed by atoms with Gasteiger partial charge in [-0.15, -0.1) is 0 Å². The minimum absolute atomic E-state index is 0.113. The standard InChI is InChI=1S/C27H32BrClFN5O2S/c1-32-10-12-33(13-11-32)8-3-9-34(26(38)31-23-15-21(29)22(30)16-25(23)35(36)37)24-6-7-27(17-20(24)27)18-4-2-5-19(28)14-18/h2,4-5,14-16,20,24H,3,6-13,17H2,1H3,(H,31,38)/t20?,24?,27-/m1/s1. The molecule has 1 saturated heterocycles. The fourth-order valence-corrected chi connectivity index (χ4v) is 7.21. The zero-order valence-electron chi connectivity index (χ0n) is 21.3. The molecule has 1 heterocycles. The first-order chi connectivity index (χ1) is 18.2. The third kappa shape index (κ3) is 5.70. The van der Waals surface area contributed by atoms with Gasteiger partial charge in [0.15, 0.2) is 5.11 Å². The number of nitro benzene ring substituents is 1. The van der Waals surface area contributed by atoms with Crippen LogP contribution < -0.4 is 5.32 Å². The molecule has 3 aliphatic rings. The molecule has 0 amide bonds. The molecular weight excluding hydrogens is 593 g/mol. The van der Waals surface area contributed by atoms with E-state index in [4.69, 9.17) is 23.8 Å². The zero-order valence-corrected chi connectivity index (χ0v) is 24.5. The van der Waals surface area contributed by atoms with Crippen LogP contribution in [0.2, 0.25) is 5.02 Å². The number of halogens is 3. The summed E-state index contributed by atoms with van der Waals surface area (Å²) in [4.78, 5) is 18.1. The molecule has 204 valence electrons. The van der Waals surface area contributed by atoms with Gasteiger partial charge in [0.1, 0.15) is 11.5 Å². The van der Waals surface area contributed by atoms with Crippen LogP contribution in [0.1, 0.15) is 31.2 Å². The van der Waals surface area contributed by atoms with E-state index in [-0.39, 0.29) is 27.9 Å². The maximum atomic E-state index is 14.0. The largest absolute Gasteiger partial charge is 0.346 e. The van der Waals surface area contributed by atoms with Crippen molar-refractivity contribution in [3.63, 3.8) is 0 Å². The molecule has 38 heavy (non-hydrogen) atoms. The van der Waals surface area contributed by atoms with Gasteiger partial charge in [-0.25, -0.2) is 4.39 Å². The first-order valence-electron chi connectivity index (χ1n) is 13.1. The van der Waals surface area contributed by atoms with Gasteiger partial charge in [0, 0.05) is 48.7 Å². The minimum Gasteiger partial charge on any atom is -0.346 e. The van der Waals surface area contributed by atoms with E-state index in [9.17, 15) is 14.5 Å². The summed E-state index contributed by atoms with van der Waals surface area (Å²) in [5.41, 5.74) is 1.25. The average molecular weight is 625 g/mol. The summed E-state index contributed by atoms with van der Waals surface area (Å²) in [6, 6.07) is 10.9. The van der Waals surface area contributed by atoms with E-state index in [1.807, 2.05) is 6.07 Å². The van der Waals surface area contributed by atoms with Crippen molar-refractivity contribution in [1.82, 2.24) is 14.7 Å². The minimum atomic E-state index is -0.827. The molecule has 2 aromatic carbocycles. The molecule has 0 spiro atoms. The summed E-state index contributed by atoms with van der Waals surface area (Å²) in [5.74, 6) is -0.363. The van der Waals surface area contributed by atoms with Crippen LogP contribution in [-0.2, 0) is 5.41 Å². The topological polar surface area (TPSA) is 64.9 Å². The number of nitro groups is 1. The Balaban J connectivity index is 1.34. The average Bonchev–Trinajstić information content (AvgIpc) is 3.51. The summed E-state index contributed by atoms with van der Waals surface area (Å²) < 4.78 is 15.1. The van der Waals surface area contributed by atoms with Crippen LogP contribution in [0.25, 0.3) is 0 Å². The highest BCUT2D eigenvalue weighted by atomic mass is 79.9. The van der Waals surface area contributed by atoms with Gasteiger partial charge in [-0.3, -0.25) is 10.1 Å². The number of fused-ring (bicyclic) bond motifs is 1. The van der Waals surface area contributed by atoms with Crippen molar-refractivity contribution in [2.75, 3.05) is 51.6 Å². The van der Waals surface area contributed by atoms with Crippen LogP contribution in [-0.4, -0.2) is 77.1 Å². The highest BCUT2D eigenvalue weighted by Gasteiger charge is 2.63. The maximum absolute atomic E-state index is 14.0. The Labute approximate surface area is 241 Å². The van der Waals surface area contributed by atoms with Crippen molar-refractivity contribution < 1.29 is 9.31 Å². The van der Waals surface area contributed by atoms with Gasteiger partial charge < -0.3 is 20.0 Å². The molecule has 2 aromatic rings. The Morgan fingerprint density at radius 3 is 2.76 bits per heavy atom. The second-order valence-electron chi connectivity index (χ2n) is 10.7. The van der Waals surface area contributed by atoms with E-state index in [2.05, 4.69) is 61.2 Å². The lowest BCUT2D eigenvalue weighted by Crippen LogP contribution is -2.47. The smallest absolute Gasteiger partial charge is 0.295 e. The fourth-order valence-electron chi connectivity index (χ4n) is 6.31. The van der Waals surface area contributed by atoms with Crippen molar-refractivity contribution in [2.24, 2.45) is 5.92 Å². The Hall–Kier alpha value is -1.85. The lowest BCUT2D eigenvalue weighted by molar-refractivity contribution is -0.384. The molecule has 2 aliphatic carbocycles. The number of benzene rings is 2. The number of hydrogen-bond donors (Lipinski definition) is 1. The monoisotopic (exact) mass is 623 g/mol. The van der Waals surface area contributed by atoms with Crippen molar-refractivity contribution >= 4 is 56.2 Å². The second kappa shape index (κ2) is 11.3. The number of nitrogens with zero attached hydrogens (tertiary/aromatic N) is 4. The van der Waals surface area contributed by atoms with Crippen molar-refractivity contribution in [3.8, 4) is 0 Å². The predicted molar refractivity (Wildman–Crippen MR) is 156 cm³/mol. The van der Waals surface area contributed by atoms with E-state index in [0.29, 0.717) is 11.0 Å². The maximum Gasteiger partial charge on any atom is 0.295 e. The van der Waals surface area contributed by atoms with E-state index >= 15 is 0 Å². The molecule has 7 nitrogen and oxygen atoms in total. The van der Waals surface area contributed by atoms with Crippen molar-refractivity contribution in [1.29, 1.82) is 0 Å².